The molecule has 12 heteroatoms. The van der Waals surface area contributed by atoms with Crippen LogP contribution in [-0.4, -0.2) is 29.8 Å². The zero-order chi connectivity index (χ0) is 27.7. The van der Waals surface area contributed by atoms with Crippen molar-refractivity contribution < 1.29 is 32.4 Å². The molecule has 0 aliphatic rings. The van der Waals surface area contributed by atoms with Crippen molar-refractivity contribution in [1.82, 2.24) is 0 Å². The molecule has 0 aliphatic heterocycles. The first-order valence-electron chi connectivity index (χ1n) is 11.3. The Morgan fingerprint density at radius 3 is 2.29 bits per heavy atom. The van der Waals surface area contributed by atoms with Crippen LogP contribution in [0.3, 0.4) is 0 Å². The van der Waals surface area contributed by atoms with Crippen LogP contribution in [0.15, 0.2) is 83.0 Å². The highest BCUT2D eigenvalue weighted by Crippen LogP contribution is 2.39. The highest BCUT2D eigenvalue weighted by atomic mass is 19.4. The molecule has 9 nitrogen and oxygen atoms in total. The molecule has 0 N–H and O–H groups in total. The largest absolute Gasteiger partial charge is 0.458 e. The van der Waals surface area contributed by atoms with Gasteiger partial charge in [0, 0.05) is 30.9 Å². The van der Waals surface area contributed by atoms with E-state index in [1.165, 1.54) is 6.92 Å². The molecule has 0 heterocycles. The third-order valence-electron chi connectivity index (χ3n) is 5.22. The van der Waals surface area contributed by atoms with E-state index in [9.17, 15) is 32.9 Å². The summed E-state index contributed by atoms with van der Waals surface area (Å²) in [5.41, 5.74) is -0.588. The molecule has 0 radical (unpaired) electrons. The number of esters is 1. The Morgan fingerprint density at radius 2 is 1.68 bits per heavy atom. The minimum absolute atomic E-state index is 0.0297. The van der Waals surface area contributed by atoms with Crippen molar-refractivity contribution in [3.8, 4) is 0 Å². The van der Waals surface area contributed by atoms with E-state index in [2.05, 4.69) is 10.2 Å². The van der Waals surface area contributed by atoms with Crippen LogP contribution in [0, 0.1) is 10.1 Å². The van der Waals surface area contributed by atoms with E-state index in [4.69, 9.17) is 4.74 Å². The van der Waals surface area contributed by atoms with Crippen LogP contribution < -0.4 is 4.90 Å². The standard InChI is InChI=1S/C26H23F3N4O5/c1-18(34)17-38-25(35)13-14-32(16-19-5-3-2-4-6-19)21-9-7-20(8-10-21)30-31-24-12-11-22(33(36)37)15-23(24)26(27,28)29/h2-12,15H,13-14,16-17H2,1H3/b31-30+. The van der Waals surface area contributed by atoms with Crippen molar-refractivity contribution in [3.63, 3.8) is 0 Å². The maximum Gasteiger partial charge on any atom is 0.418 e. The minimum atomic E-state index is -4.85. The lowest BCUT2D eigenvalue weighted by molar-refractivity contribution is -0.385. The zero-order valence-corrected chi connectivity index (χ0v) is 20.2. The van der Waals surface area contributed by atoms with Gasteiger partial charge in [0.05, 0.1) is 28.3 Å². The monoisotopic (exact) mass is 528 g/mol. The summed E-state index contributed by atoms with van der Waals surface area (Å²) in [5.74, 6) is -0.785. The molecule has 3 aromatic carbocycles. The predicted octanol–water partition coefficient (Wildman–Crippen LogP) is 6.56. The number of nitrogens with zero attached hydrogens (tertiary/aromatic N) is 4. The molecule has 0 fully saturated rings. The normalized spacial score (nSPS) is 11.4. The van der Waals surface area contributed by atoms with Crippen LogP contribution in [0.25, 0.3) is 0 Å². The van der Waals surface area contributed by atoms with Gasteiger partial charge in [0.2, 0.25) is 0 Å². The van der Waals surface area contributed by atoms with Crippen molar-refractivity contribution in [2.24, 2.45) is 10.2 Å². The number of carbonyl (C=O) groups is 2. The van der Waals surface area contributed by atoms with Gasteiger partial charge in [-0.05, 0) is 42.8 Å². The number of ether oxygens (including phenoxy) is 1. The van der Waals surface area contributed by atoms with E-state index >= 15 is 0 Å². The maximum atomic E-state index is 13.4. The lowest BCUT2D eigenvalue weighted by Crippen LogP contribution is -2.26. The fourth-order valence-electron chi connectivity index (χ4n) is 3.38. The first kappa shape index (κ1) is 28.0. The van der Waals surface area contributed by atoms with E-state index in [0.29, 0.717) is 18.3 Å². The Bertz CT molecular complexity index is 1310. The number of alkyl halides is 3. The second kappa shape index (κ2) is 12.6. The summed E-state index contributed by atoms with van der Waals surface area (Å²) in [4.78, 5) is 34.9. The number of nitro groups is 1. The molecule has 38 heavy (non-hydrogen) atoms. The van der Waals surface area contributed by atoms with Gasteiger partial charge >= 0.3 is 12.1 Å². The zero-order valence-electron chi connectivity index (χ0n) is 20.2. The SMILES string of the molecule is CC(=O)COC(=O)CCN(Cc1ccccc1)c1ccc(/N=N/c2ccc([N+](=O)[O-])cc2C(F)(F)F)cc1. The van der Waals surface area contributed by atoms with Gasteiger partial charge in [-0.15, -0.1) is 5.11 Å². The number of anilines is 1. The molecule has 0 atom stereocenters. The number of rotatable bonds is 11. The number of non-ortho nitro benzene ring substituents is 1. The summed E-state index contributed by atoms with van der Waals surface area (Å²) in [5, 5.41) is 18.4. The van der Waals surface area contributed by atoms with Crippen LogP contribution in [0.5, 0.6) is 0 Å². The van der Waals surface area contributed by atoms with Gasteiger partial charge < -0.3 is 9.64 Å². The van der Waals surface area contributed by atoms with Gasteiger partial charge in [-0.2, -0.15) is 18.3 Å². The molecule has 0 aliphatic carbocycles. The quantitative estimate of drug-likeness (QED) is 0.121. The Hall–Kier alpha value is -4.61. The summed E-state index contributed by atoms with van der Waals surface area (Å²) in [7, 11) is 0. The molecule has 3 aromatic rings. The molecule has 198 valence electrons. The number of azo groups is 1. The number of benzene rings is 3. The lowest BCUT2D eigenvalue weighted by Gasteiger charge is -2.25. The second-order valence-electron chi connectivity index (χ2n) is 8.19. The molecule has 0 bridgehead atoms. The van der Waals surface area contributed by atoms with Crippen LogP contribution in [0.2, 0.25) is 0 Å². The fourth-order valence-corrected chi connectivity index (χ4v) is 3.38. The van der Waals surface area contributed by atoms with Crippen molar-refractivity contribution in [2.75, 3.05) is 18.1 Å². The maximum absolute atomic E-state index is 13.4. The number of ketones is 1. The molecule has 0 saturated heterocycles. The third kappa shape index (κ3) is 8.22. The highest BCUT2D eigenvalue weighted by Gasteiger charge is 2.35. The molecular formula is C26H23F3N4O5. The van der Waals surface area contributed by atoms with Gasteiger partial charge in [0.25, 0.3) is 5.69 Å². The first-order chi connectivity index (χ1) is 18.0. The van der Waals surface area contributed by atoms with Gasteiger partial charge in [-0.25, -0.2) is 0 Å². The second-order valence-corrected chi connectivity index (χ2v) is 8.19. The van der Waals surface area contributed by atoms with Gasteiger partial charge in [0.15, 0.2) is 5.78 Å². The van der Waals surface area contributed by atoms with Gasteiger partial charge in [-0.1, -0.05) is 30.3 Å². The number of hydrogen-bond donors (Lipinski definition) is 0. The van der Waals surface area contributed by atoms with Gasteiger partial charge in [-0.3, -0.25) is 19.7 Å². The Labute approximate surface area is 215 Å². The van der Waals surface area contributed by atoms with E-state index in [-0.39, 0.29) is 31.0 Å². The smallest absolute Gasteiger partial charge is 0.418 e. The molecule has 0 amide bonds. The van der Waals surface area contributed by atoms with Crippen LogP contribution in [0.1, 0.15) is 24.5 Å². The predicted molar refractivity (Wildman–Crippen MR) is 132 cm³/mol. The van der Waals surface area contributed by atoms with Crippen molar-refractivity contribution in [2.45, 2.75) is 26.1 Å². The number of hydrogen-bond acceptors (Lipinski definition) is 8. The molecule has 0 aromatic heterocycles. The lowest BCUT2D eigenvalue weighted by atomic mass is 10.1. The summed E-state index contributed by atoms with van der Waals surface area (Å²) >= 11 is 0. The van der Waals surface area contributed by atoms with E-state index in [1.807, 2.05) is 35.2 Å². The van der Waals surface area contributed by atoms with Gasteiger partial charge in [0.1, 0.15) is 6.61 Å². The average molecular weight is 528 g/mol. The Kier molecular flexibility index (Phi) is 9.25. The third-order valence-corrected chi connectivity index (χ3v) is 5.22. The van der Waals surface area contributed by atoms with Crippen molar-refractivity contribution in [3.05, 3.63) is 94.0 Å². The fraction of sp³-hybridized carbons (Fsp3) is 0.231. The average Bonchev–Trinajstić information content (AvgIpc) is 2.89. The minimum Gasteiger partial charge on any atom is -0.458 e. The molecule has 0 spiro atoms. The summed E-state index contributed by atoms with van der Waals surface area (Å²) < 4.78 is 45.1. The molecular weight excluding hydrogens is 505 g/mol. The van der Waals surface area contributed by atoms with Crippen molar-refractivity contribution >= 4 is 34.5 Å². The Morgan fingerprint density at radius 1 is 1.00 bits per heavy atom. The summed E-state index contributed by atoms with van der Waals surface area (Å²) in [6, 6.07) is 18.2. The summed E-state index contributed by atoms with van der Waals surface area (Å²) in [6.45, 7) is 1.77. The van der Waals surface area contributed by atoms with E-state index in [0.717, 1.165) is 17.7 Å². The molecule has 0 unspecified atom stereocenters. The number of halogens is 3. The molecule has 0 saturated carbocycles. The van der Waals surface area contributed by atoms with E-state index in [1.54, 1.807) is 24.3 Å². The van der Waals surface area contributed by atoms with Crippen molar-refractivity contribution in [1.29, 1.82) is 0 Å². The Balaban J connectivity index is 1.79. The summed E-state index contributed by atoms with van der Waals surface area (Å²) in [6.07, 6.45) is -4.82. The van der Waals surface area contributed by atoms with Crippen LogP contribution in [-0.2, 0) is 27.0 Å². The van der Waals surface area contributed by atoms with E-state index < -0.39 is 34.0 Å². The molecule has 3 rings (SSSR count). The number of carbonyl (C=O) groups excluding carboxylic acids is 2. The van der Waals surface area contributed by atoms with Crippen LogP contribution >= 0.6 is 0 Å². The van der Waals surface area contributed by atoms with Crippen LogP contribution in [0.4, 0.5) is 35.9 Å². The number of nitro benzene ring substituents is 1. The topological polar surface area (TPSA) is 114 Å². The highest BCUT2D eigenvalue weighted by molar-refractivity contribution is 5.80. The number of Topliss-reactive ketones (excluding diaryl/α,β-unsaturated/α-hetero) is 1. The first-order valence-corrected chi connectivity index (χ1v) is 11.3.